The van der Waals surface area contributed by atoms with Gasteiger partial charge in [0.2, 0.25) is 5.95 Å². The molecule has 2 aromatic rings. The Balaban J connectivity index is 1.90. The first-order valence-electron chi connectivity index (χ1n) is 6.33. The van der Waals surface area contributed by atoms with E-state index >= 15 is 0 Å². The molecule has 6 nitrogen and oxygen atoms in total. The highest BCUT2D eigenvalue weighted by Crippen LogP contribution is 2.27. The first-order chi connectivity index (χ1) is 10.5. The maximum atomic E-state index is 11.8. The van der Waals surface area contributed by atoms with Crippen LogP contribution in [0.1, 0.15) is 0 Å². The van der Waals surface area contributed by atoms with Gasteiger partial charge in [-0.3, -0.25) is 4.79 Å². The van der Waals surface area contributed by atoms with E-state index in [-0.39, 0.29) is 12.5 Å². The smallest absolute Gasteiger partial charge is 0.262 e. The third-order valence-electron chi connectivity index (χ3n) is 2.57. The summed E-state index contributed by atoms with van der Waals surface area (Å²) in [5.41, 5.74) is 0.487. The van der Waals surface area contributed by atoms with Gasteiger partial charge in [0.15, 0.2) is 6.61 Å². The summed E-state index contributed by atoms with van der Waals surface area (Å²) in [5, 5.41) is 3.48. The lowest BCUT2D eigenvalue weighted by Crippen LogP contribution is -2.21. The molecule has 1 amide bonds. The third-order valence-corrected chi connectivity index (χ3v) is 3.11. The van der Waals surface area contributed by atoms with Crippen molar-refractivity contribution in [2.24, 2.45) is 0 Å². The lowest BCUT2D eigenvalue weighted by molar-refractivity contribution is -0.118. The quantitative estimate of drug-likeness (QED) is 0.906. The van der Waals surface area contributed by atoms with Gasteiger partial charge in [0.25, 0.3) is 5.91 Å². The Labute approximate surface area is 138 Å². The van der Waals surface area contributed by atoms with Crippen molar-refractivity contribution in [2.45, 2.75) is 0 Å². The van der Waals surface area contributed by atoms with Crippen LogP contribution in [0.5, 0.6) is 5.75 Å². The van der Waals surface area contributed by atoms with Crippen LogP contribution in [0, 0.1) is 0 Å². The highest BCUT2D eigenvalue weighted by molar-refractivity contribution is 6.35. The summed E-state index contributed by atoms with van der Waals surface area (Å²) >= 11 is 11.7. The Morgan fingerprint density at radius 1 is 1.27 bits per heavy atom. The number of rotatable bonds is 5. The minimum absolute atomic E-state index is 0.184. The summed E-state index contributed by atoms with van der Waals surface area (Å²) in [4.78, 5) is 21.8. The maximum Gasteiger partial charge on any atom is 0.262 e. The number of anilines is 2. The number of carbonyl (C=O) groups excluding carboxylic acids is 1. The predicted molar refractivity (Wildman–Crippen MR) is 86.9 cm³/mol. The molecule has 1 aromatic heterocycles. The molecular formula is C14H14Cl2N4O2. The van der Waals surface area contributed by atoms with Crippen LogP contribution < -0.4 is 15.0 Å². The average Bonchev–Trinajstić information content (AvgIpc) is 2.47. The summed E-state index contributed by atoms with van der Waals surface area (Å²) in [5.74, 6) is 0.606. The van der Waals surface area contributed by atoms with Gasteiger partial charge in [-0.05, 0) is 18.2 Å². The van der Waals surface area contributed by atoms with Gasteiger partial charge >= 0.3 is 0 Å². The van der Waals surface area contributed by atoms with E-state index < -0.39 is 0 Å². The molecule has 0 fully saturated rings. The van der Waals surface area contributed by atoms with Crippen molar-refractivity contribution >= 4 is 40.7 Å². The SMILES string of the molecule is CN(C)c1ncc(NC(=O)COc2ccc(Cl)cc2Cl)cn1. The number of amides is 1. The zero-order valence-corrected chi connectivity index (χ0v) is 13.5. The first-order valence-corrected chi connectivity index (χ1v) is 7.08. The van der Waals surface area contributed by atoms with E-state index in [1.54, 1.807) is 23.1 Å². The summed E-state index contributed by atoms with van der Waals surface area (Å²) < 4.78 is 5.34. The second-order valence-corrected chi connectivity index (χ2v) is 5.42. The minimum Gasteiger partial charge on any atom is -0.482 e. The van der Waals surface area contributed by atoms with Gasteiger partial charge in [-0.25, -0.2) is 9.97 Å². The van der Waals surface area contributed by atoms with Gasteiger partial charge in [0, 0.05) is 19.1 Å². The molecule has 0 aliphatic rings. The van der Waals surface area contributed by atoms with Gasteiger partial charge < -0.3 is 15.0 Å². The standard InChI is InChI=1S/C14H14Cl2N4O2/c1-20(2)14-17-6-10(7-18-14)19-13(21)8-22-12-4-3-9(15)5-11(12)16/h3-7H,8H2,1-2H3,(H,19,21). The molecule has 0 saturated carbocycles. The summed E-state index contributed by atoms with van der Waals surface area (Å²) in [6, 6.07) is 4.78. The zero-order chi connectivity index (χ0) is 16.1. The monoisotopic (exact) mass is 340 g/mol. The Morgan fingerprint density at radius 3 is 2.55 bits per heavy atom. The number of aromatic nitrogens is 2. The second-order valence-electron chi connectivity index (χ2n) is 4.58. The van der Waals surface area contributed by atoms with Crippen LogP contribution >= 0.6 is 23.2 Å². The van der Waals surface area contributed by atoms with E-state index in [0.29, 0.717) is 27.4 Å². The highest BCUT2D eigenvalue weighted by Gasteiger charge is 2.08. The van der Waals surface area contributed by atoms with E-state index in [0.717, 1.165) is 0 Å². The Hall–Kier alpha value is -2.05. The number of carbonyl (C=O) groups is 1. The van der Waals surface area contributed by atoms with Crippen LogP contribution in [0.15, 0.2) is 30.6 Å². The molecule has 0 atom stereocenters. The number of nitrogens with one attached hydrogen (secondary N) is 1. The van der Waals surface area contributed by atoms with Crippen molar-refractivity contribution in [3.05, 3.63) is 40.6 Å². The molecule has 0 aliphatic heterocycles. The molecular weight excluding hydrogens is 327 g/mol. The normalized spacial score (nSPS) is 10.2. The number of hydrogen-bond acceptors (Lipinski definition) is 5. The van der Waals surface area contributed by atoms with Crippen LogP contribution in [0.3, 0.4) is 0 Å². The lowest BCUT2D eigenvalue weighted by Gasteiger charge is -2.11. The Morgan fingerprint density at radius 2 is 1.95 bits per heavy atom. The van der Waals surface area contributed by atoms with Crippen molar-refractivity contribution in [3.63, 3.8) is 0 Å². The van der Waals surface area contributed by atoms with Gasteiger partial charge in [-0.2, -0.15) is 0 Å². The number of hydrogen-bond donors (Lipinski definition) is 1. The van der Waals surface area contributed by atoms with Crippen LogP contribution in [0.2, 0.25) is 10.0 Å². The van der Waals surface area contributed by atoms with E-state index in [4.69, 9.17) is 27.9 Å². The fraction of sp³-hybridized carbons (Fsp3) is 0.214. The molecule has 0 spiro atoms. The third kappa shape index (κ3) is 4.47. The summed E-state index contributed by atoms with van der Waals surface area (Å²) in [6.07, 6.45) is 3.05. The Kier molecular flexibility index (Phi) is 5.41. The van der Waals surface area contributed by atoms with Crippen molar-refractivity contribution in [1.29, 1.82) is 0 Å². The largest absolute Gasteiger partial charge is 0.482 e. The van der Waals surface area contributed by atoms with E-state index in [9.17, 15) is 4.79 Å². The first kappa shape index (κ1) is 16.3. The Bertz CT molecular complexity index is 662. The maximum absolute atomic E-state index is 11.8. The average molecular weight is 341 g/mol. The van der Waals surface area contributed by atoms with Crippen LogP contribution in [0.25, 0.3) is 0 Å². The van der Waals surface area contributed by atoms with Crippen molar-refractivity contribution < 1.29 is 9.53 Å². The van der Waals surface area contributed by atoms with Crippen LogP contribution in [-0.2, 0) is 4.79 Å². The molecule has 2 rings (SSSR count). The lowest BCUT2D eigenvalue weighted by atomic mass is 10.3. The van der Waals surface area contributed by atoms with E-state index in [1.165, 1.54) is 12.4 Å². The molecule has 0 saturated heterocycles. The highest BCUT2D eigenvalue weighted by atomic mass is 35.5. The van der Waals surface area contributed by atoms with Gasteiger partial charge in [0.1, 0.15) is 5.75 Å². The van der Waals surface area contributed by atoms with E-state index in [2.05, 4.69) is 15.3 Å². The van der Waals surface area contributed by atoms with Gasteiger partial charge in [0.05, 0.1) is 23.1 Å². The van der Waals surface area contributed by atoms with Crippen molar-refractivity contribution in [3.8, 4) is 5.75 Å². The number of halogens is 2. The molecule has 1 heterocycles. The molecule has 0 bridgehead atoms. The van der Waals surface area contributed by atoms with Crippen LogP contribution in [-0.4, -0.2) is 36.6 Å². The molecule has 116 valence electrons. The van der Waals surface area contributed by atoms with Crippen LogP contribution in [0.4, 0.5) is 11.6 Å². The molecule has 8 heteroatoms. The molecule has 0 radical (unpaired) electrons. The number of benzene rings is 1. The zero-order valence-electron chi connectivity index (χ0n) is 12.0. The van der Waals surface area contributed by atoms with E-state index in [1.807, 2.05) is 14.1 Å². The predicted octanol–water partition coefficient (Wildman–Crippen LogP) is 2.87. The molecule has 1 N–H and O–H groups in total. The summed E-state index contributed by atoms with van der Waals surface area (Å²) in [7, 11) is 3.66. The number of nitrogens with zero attached hydrogens (tertiary/aromatic N) is 3. The summed E-state index contributed by atoms with van der Waals surface area (Å²) in [6.45, 7) is -0.184. The molecule has 0 aliphatic carbocycles. The molecule has 22 heavy (non-hydrogen) atoms. The van der Waals surface area contributed by atoms with Gasteiger partial charge in [-0.15, -0.1) is 0 Å². The molecule has 1 aromatic carbocycles. The van der Waals surface area contributed by atoms with Crippen molar-refractivity contribution in [1.82, 2.24) is 9.97 Å². The van der Waals surface area contributed by atoms with Crippen molar-refractivity contribution in [2.75, 3.05) is 30.9 Å². The second kappa shape index (κ2) is 7.29. The number of ether oxygens (including phenoxy) is 1. The fourth-order valence-electron chi connectivity index (χ4n) is 1.55. The fourth-order valence-corrected chi connectivity index (χ4v) is 2.01. The topological polar surface area (TPSA) is 67.4 Å². The minimum atomic E-state index is -0.341. The molecule has 0 unspecified atom stereocenters. The van der Waals surface area contributed by atoms with Gasteiger partial charge in [-0.1, -0.05) is 23.2 Å².